The topological polar surface area (TPSA) is 21.7 Å². The summed E-state index contributed by atoms with van der Waals surface area (Å²) in [5.74, 6) is 1.68. The molecule has 0 aromatic heterocycles. The van der Waals surface area contributed by atoms with Gasteiger partial charge in [-0.1, -0.05) is 0 Å². The molecule has 92 valence electrons. The van der Waals surface area contributed by atoms with E-state index >= 15 is 0 Å². The fourth-order valence-electron chi connectivity index (χ4n) is 3.51. The van der Waals surface area contributed by atoms with Crippen LogP contribution in [0, 0.1) is 0 Å². The van der Waals surface area contributed by atoms with E-state index < -0.39 is 0 Å². The van der Waals surface area contributed by atoms with Gasteiger partial charge in [0.05, 0.1) is 14.2 Å². The van der Waals surface area contributed by atoms with Gasteiger partial charge in [-0.05, 0) is 43.5 Å². The minimum absolute atomic E-state index is 0.217. The lowest BCUT2D eigenvalue weighted by atomic mass is 9.78. The molecule has 2 atom stereocenters. The van der Waals surface area contributed by atoms with Crippen LogP contribution in [0.4, 0.5) is 0 Å². The van der Waals surface area contributed by atoms with Gasteiger partial charge >= 0.3 is 0 Å². The van der Waals surface area contributed by atoms with E-state index in [-0.39, 0.29) is 5.54 Å². The number of hydrogen-bond donors (Lipinski definition) is 0. The van der Waals surface area contributed by atoms with E-state index in [1.807, 2.05) is 0 Å². The summed E-state index contributed by atoms with van der Waals surface area (Å²) in [6, 6.07) is 4.97. The van der Waals surface area contributed by atoms with Gasteiger partial charge in [-0.3, -0.25) is 4.90 Å². The number of ether oxygens (including phenoxy) is 2. The first-order valence-electron chi connectivity index (χ1n) is 6.12. The predicted octanol–water partition coefficient (Wildman–Crippen LogP) is 2.53. The lowest BCUT2D eigenvalue weighted by Crippen LogP contribution is -2.56. The molecule has 3 rings (SSSR count). The van der Waals surface area contributed by atoms with E-state index in [4.69, 9.17) is 9.47 Å². The van der Waals surface area contributed by atoms with Crippen molar-refractivity contribution in [1.29, 1.82) is 0 Å². The standard InChI is InChI=1S/C14H19NO2/c1-9-7-14(2)11-6-13(17-4)12(16-3)5-10(11)8-15(9)14/h5-6,9H,7-8H2,1-4H3. The van der Waals surface area contributed by atoms with Crippen LogP contribution < -0.4 is 9.47 Å². The summed E-state index contributed by atoms with van der Waals surface area (Å²) in [6.07, 6.45) is 1.23. The fourth-order valence-corrected chi connectivity index (χ4v) is 3.51. The van der Waals surface area contributed by atoms with Gasteiger partial charge in [-0.2, -0.15) is 0 Å². The summed E-state index contributed by atoms with van der Waals surface area (Å²) in [5, 5.41) is 0. The first-order valence-corrected chi connectivity index (χ1v) is 6.12. The zero-order chi connectivity index (χ0) is 12.2. The lowest BCUT2D eigenvalue weighted by molar-refractivity contribution is -0.0466. The highest BCUT2D eigenvalue weighted by Crippen LogP contribution is 2.53. The SMILES string of the molecule is COc1cc2c(cc1OC)C1(C)CC(C)N1C2. The van der Waals surface area contributed by atoms with E-state index in [2.05, 4.69) is 30.9 Å². The first kappa shape index (κ1) is 10.9. The number of benzene rings is 1. The molecule has 1 aromatic rings. The Labute approximate surface area is 102 Å². The molecular weight excluding hydrogens is 214 g/mol. The Morgan fingerprint density at radius 2 is 1.88 bits per heavy atom. The molecule has 0 radical (unpaired) electrons. The Morgan fingerprint density at radius 1 is 1.24 bits per heavy atom. The van der Waals surface area contributed by atoms with Crippen LogP contribution in [0.3, 0.4) is 0 Å². The van der Waals surface area contributed by atoms with Crippen molar-refractivity contribution >= 4 is 0 Å². The van der Waals surface area contributed by atoms with Gasteiger partial charge in [0.25, 0.3) is 0 Å². The van der Waals surface area contributed by atoms with E-state index in [1.54, 1.807) is 14.2 Å². The van der Waals surface area contributed by atoms with Crippen LogP contribution in [0.2, 0.25) is 0 Å². The molecule has 1 aromatic carbocycles. The van der Waals surface area contributed by atoms with E-state index in [0.717, 1.165) is 18.0 Å². The first-order chi connectivity index (χ1) is 8.10. The van der Waals surface area contributed by atoms with E-state index in [1.165, 1.54) is 17.5 Å². The number of hydrogen-bond acceptors (Lipinski definition) is 3. The van der Waals surface area contributed by atoms with Crippen LogP contribution in [-0.4, -0.2) is 25.2 Å². The molecule has 0 aliphatic carbocycles. The molecule has 0 saturated carbocycles. The van der Waals surface area contributed by atoms with Gasteiger partial charge in [-0.25, -0.2) is 0 Å². The molecule has 2 aliphatic rings. The molecule has 0 spiro atoms. The van der Waals surface area contributed by atoms with Gasteiger partial charge in [0, 0.05) is 18.1 Å². The zero-order valence-corrected chi connectivity index (χ0v) is 10.9. The predicted molar refractivity (Wildman–Crippen MR) is 66.5 cm³/mol. The minimum Gasteiger partial charge on any atom is -0.493 e. The van der Waals surface area contributed by atoms with E-state index in [9.17, 15) is 0 Å². The Balaban J connectivity index is 2.10. The van der Waals surface area contributed by atoms with Crippen molar-refractivity contribution in [3.05, 3.63) is 23.3 Å². The third-order valence-electron chi connectivity index (χ3n) is 4.39. The summed E-state index contributed by atoms with van der Waals surface area (Å²) in [7, 11) is 3.39. The second-order valence-electron chi connectivity index (χ2n) is 5.32. The van der Waals surface area contributed by atoms with E-state index in [0.29, 0.717) is 6.04 Å². The number of fused-ring (bicyclic) bond motifs is 3. The molecule has 3 nitrogen and oxygen atoms in total. The molecule has 0 N–H and O–H groups in total. The summed E-state index contributed by atoms with van der Waals surface area (Å²) in [4.78, 5) is 2.55. The molecule has 3 heteroatoms. The summed E-state index contributed by atoms with van der Waals surface area (Å²) >= 11 is 0. The third-order valence-corrected chi connectivity index (χ3v) is 4.39. The molecule has 2 unspecified atom stereocenters. The molecular formula is C14H19NO2. The van der Waals surface area contributed by atoms with Crippen molar-refractivity contribution in [3.8, 4) is 11.5 Å². The van der Waals surface area contributed by atoms with Crippen molar-refractivity contribution in [2.24, 2.45) is 0 Å². The smallest absolute Gasteiger partial charge is 0.161 e. The van der Waals surface area contributed by atoms with Crippen molar-refractivity contribution in [1.82, 2.24) is 4.90 Å². The quantitative estimate of drug-likeness (QED) is 0.783. The van der Waals surface area contributed by atoms with Gasteiger partial charge in [0.1, 0.15) is 0 Å². The molecule has 2 heterocycles. The molecule has 1 fully saturated rings. The number of methoxy groups -OCH3 is 2. The minimum atomic E-state index is 0.217. The van der Waals surface area contributed by atoms with Gasteiger partial charge < -0.3 is 9.47 Å². The van der Waals surface area contributed by atoms with Crippen LogP contribution in [0.25, 0.3) is 0 Å². The van der Waals surface area contributed by atoms with Crippen LogP contribution >= 0.6 is 0 Å². The van der Waals surface area contributed by atoms with Gasteiger partial charge in [-0.15, -0.1) is 0 Å². The van der Waals surface area contributed by atoms with Crippen LogP contribution in [0.1, 0.15) is 31.4 Å². The highest BCUT2D eigenvalue weighted by Gasteiger charge is 2.52. The highest BCUT2D eigenvalue weighted by molar-refractivity contribution is 5.52. The summed E-state index contributed by atoms with van der Waals surface area (Å²) < 4.78 is 10.8. The Hall–Kier alpha value is -1.22. The average molecular weight is 233 g/mol. The van der Waals surface area contributed by atoms with Crippen molar-refractivity contribution < 1.29 is 9.47 Å². The second-order valence-corrected chi connectivity index (χ2v) is 5.32. The van der Waals surface area contributed by atoms with Crippen molar-refractivity contribution in [2.45, 2.75) is 38.4 Å². The van der Waals surface area contributed by atoms with Crippen LogP contribution in [-0.2, 0) is 12.1 Å². The molecule has 0 bridgehead atoms. The normalized spacial score (nSPS) is 30.5. The highest BCUT2D eigenvalue weighted by atomic mass is 16.5. The number of rotatable bonds is 2. The maximum Gasteiger partial charge on any atom is 0.161 e. The van der Waals surface area contributed by atoms with Gasteiger partial charge in [0.2, 0.25) is 0 Å². The Morgan fingerprint density at radius 3 is 2.47 bits per heavy atom. The maximum absolute atomic E-state index is 5.40. The third kappa shape index (κ3) is 1.26. The molecule has 2 aliphatic heterocycles. The van der Waals surface area contributed by atoms with Crippen LogP contribution in [0.15, 0.2) is 12.1 Å². The van der Waals surface area contributed by atoms with Crippen molar-refractivity contribution in [2.75, 3.05) is 14.2 Å². The molecule has 17 heavy (non-hydrogen) atoms. The Kier molecular flexibility index (Phi) is 2.17. The Bertz CT molecular complexity index is 472. The lowest BCUT2D eigenvalue weighted by Gasteiger charge is -2.52. The van der Waals surface area contributed by atoms with Crippen molar-refractivity contribution in [3.63, 3.8) is 0 Å². The monoisotopic (exact) mass is 233 g/mol. The zero-order valence-electron chi connectivity index (χ0n) is 10.9. The number of nitrogens with zero attached hydrogens (tertiary/aromatic N) is 1. The summed E-state index contributed by atoms with van der Waals surface area (Å²) in [6.45, 7) is 5.65. The summed E-state index contributed by atoms with van der Waals surface area (Å²) in [5.41, 5.74) is 3.01. The van der Waals surface area contributed by atoms with Crippen LogP contribution in [0.5, 0.6) is 11.5 Å². The largest absolute Gasteiger partial charge is 0.493 e. The second kappa shape index (κ2) is 3.39. The van der Waals surface area contributed by atoms with Gasteiger partial charge in [0.15, 0.2) is 11.5 Å². The molecule has 0 amide bonds. The average Bonchev–Trinajstić information content (AvgIpc) is 2.56. The maximum atomic E-state index is 5.40. The molecule has 1 saturated heterocycles. The fraction of sp³-hybridized carbons (Fsp3) is 0.571.